The predicted octanol–water partition coefficient (Wildman–Crippen LogP) is 1.35. The number of nitrogens with one attached hydrogen (secondary N) is 2. The Kier molecular flexibility index (Phi) is 4.48. The van der Waals surface area contributed by atoms with Crippen LogP contribution < -0.4 is 10.9 Å². The van der Waals surface area contributed by atoms with Gasteiger partial charge in [0, 0.05) is 6.54 Å². The van der Waals surface area contributed by atoms with Crippen LogP contribution in [0.1, 0.15) is 32.6 Å². The van der Waals surface area contributed by atoms with Gasteiger partial charge < -0.3 is 5.32 Å². The summed E-state index contributed by atoms with van der Waals surface area (Å²) < 4.78 is 1.89. The molecule has 0 aliphatic carbocycles. The summed E-state index contributed by atoms with van der Waals surface area (Å²) in [6, 6.07) is -0.188. The van der Waals surface area contributed by atoms with Crippen molar-refractivity contribution in [2.75, 3.05) is 5.32 Å². The molecular weight excluding hydrogens is 326 g/mol. The minimum absolute atomic E-state index is 0.163. The molecule has 8 nitrogen and oxygen atoms in total. The number of aromatic amines is 1. The van der Waals surface area contributed by atoms with Crippen LogP contribution >= 0.6 is 15.9 Å². The number of anilines is 1. The second-order valence-corrected chi connectivity index (χ2v) is 5.68. The Hall–Kier alpha value is -1.77. The van der Waals surface area contributed by atoms with Gasteiger partial charge in [0.15, 0.2) is 5.82 Å². The van der Waals surface area contributed by atoms with Crippen molar-refractivity contribution in [3.8, 4) is 0 Å². The lowest BCUT2D eigenvalue weighted by atomic mass is 10.2. The maximum atomic E-state index is 12.2. The molecule has 0 amide bonds. The number of hydrogen-bond acceptors (Lipinski definition) is 6. The molecule has 2 N–H and O–H groups in total. The van der Waals surface area contributed by atoms with Crippen molar-refractivity contribution in [2.45, 2.75) is 33.4 Å². The molecule has 0 spiro atoms. The van der Waals surface area contributed by atoms with Crippen molar-refractivity contribution in [3.05, 3.63) is 26.8 Å². The Morgan fingerprint density at radius 3 is 2.80 bits per heavy atom. The first-order valence-corrected chi connectivity index (χ1v) is 7.03. The number of tetrazole rings is 1. The topological polar surface area (TPSA) is 101 Å². The molecule has 2 aromatic heterocycles. The van der Waals surface area contributed by atoms with Crippen LogP contribution in [0.5, 0.6) is 0 Å². The number of aromatic nitrogens is 6. The van der Waals surface area contributed by atoms with E-state index in [4.69, 9.17) is 0 Å². The van der Waals surface area contributed by atoms with Crippen LogP contribution in [0.15, 0.2) is 15.5 Å². The Morgan fingerprint density at radius 1 is 1.45 bits per heavy atom. The van der Waals surface area contributed by atoms with Crippen LogP contribution in [-0.2, 0) is 6.54 Å². The Morgan fingerprint density at radius 2 is 2.20 bits per heavy atom. The second-order valence-electron chi connectivity index (χ2n) is 4.89. The van der Waals surface area contributed by atoms with E-state index in [0.717, 1.165) is 0 Å². The molecule has 1 unspecified atom stereocenters. The molecule has 0 aliphatic heterocycles. The number of rotatable bonds is 5. The van der Waals surface area contributed by atoms with Gasteiger partial charge in [-0.1, -0.05) is 19.1 Å². The van der Waals surface area contributed by atoms with Gasteiger partial charge in [-0.05, 0) is 28.8 Å². The summed E-state index contributed by atoms with van der Waals surface area (Å²) in [5.74, 6) is 0.868. The normalized spacial score (nSPS) is 12.7. The Bertz CT molecular complexity index is 622. The highest BCUT2D eigenvalue weighted by atomic mass is 79.9. The Labute approximate surface area is 124 Å². The molecule has 0 saturated carbocycles. The fourth-order valence-electron chi connectivity index (χ4n) is 1.69. The van der Waals surface area contributed by atoms with Crippen molar-refractivity contribution in [2.24, 2.45) is 5.92 Å². The third-order valence-electron chi connectivity index (χ3n) is 2.64. The second kappa shape index (κ2) is 6.12. The molecule has 0 aliphatic rings. The third-order valence-corrected chi connectivity index (χ3v) is 3.41. The van der Waals surface area contributed by atoms with Crippen molar-refractivity contribution >= 4 is 21.6 Å². The highest BCUT2D eigenvalue weighted by molar-refractivity contribution is 9.10. The summed E-state index contributed by atoms with van der Waals surface area (Å²) in [5.41, 5.74) is 0.441. The lowest BCUT2D eigenvalue weighted by molar-refractivity contribution is 0.462. The van der Waals surface area contributed by atoms with Crippen LogP contribution in [0.25, 0.3) is 0 Å². The molecule has 1 atom stereocenters. The molecule has 0 bridgehead atoms. The van der Waals surface area contributed by atoms with Crippen LogP contribution in [0.4, 0.5) is 5.69 Å². The van der Waals surface area contributed by atoms with Gasteiger partial charge in [0.1, 0.15) is 4.47 Å². The molecule has 2 aromatic rings. The molecule has 20 heavy (non-hydrogen) atoms. The summed E-state index contributed by atoms with van der Waals surface area (Å²) >= 11 is 3.31. The fraction of sp³-hybridized carbons (Fsp3) is 0.545. The summed E-state index contributed by atoms with van der Waals surface area (Å²) in [6.45, 7) is 6.52. The van der Waals surface area contributed by atoms with E-state index in [1.54, 1.807) is 6.20 Å². The predicted molar refractivity (Wildman–Crippen MR) is 77.3 cm³/mol. The van der Waals surface area contributed by atoms with Crippen molar-refractivity contribution in [1.82, 2.24) is 30.4 Å². The first-order valence-electron chi connectivity index (χ1n) is 6.24. The summed E-state index contributed by atoms with van der Waals surface area (Å²) in [7, 11) is 0. The van der Waals surface area contributed by atoms with Crippen molar-refractivity contribution in [3.63, 3.8) is 0 Å². The number of hydrogen-bond donors (Lipinski definition) is 2. The monoisotopic (exact) mass is 341 g/mol. The molecule has 0 fully saturated rings. The van der Waals surface area contributed by atoms with Crippen LogP contribution in [0.2, 0.25) is 0 Å². The summed E-state index contributed by atoms with van der Waals surface area (Å²) in [4.78, 5) is 12.2. The van der Waals surface area contributed by atoms with Crippen LogP contribution in [0.3, 0.4) is 0 Å². The third kappa shape index (κ3) is 3.21. The summed E-state index contributed by atoms with van der Waals surface area (Å²) in [5, 5.41) is 21.0. The highest BCUT2D eigenvalue weighted by Gasteiger charge is 2.15. The molecule has 9 heteroatoms. The first kappa shape index (κ1) is 14.6. The van der Waals surface area contributed by atoms with Gasteiger partial charge in [-0.3, -0.25) is 4.79 Å². The van der Waals surface area contributed by atoms with E-state index < -0.39 is 0 Å². The van der Waals surface area contributed by atoms with E-state index in [-0.39, 0.29) is 11.6 Å². The average molecular weight is 342 g/mol. The zero-order valence-corrected chi connectivity index (χ0v) is 13.0. The van der Waals surface area contributed by atoms with Gasteiger partial charge in [-0.2, -0.15) is 10.3 Å². The van der Waals surface area contributed by atoms with Gasteiger partial charge in [0.2, 0.25) is 0 Å². The zero-order valence-electron chi connectivity index (χ0n) is 11.5. The van der Waals surface area contributed by atoms with E-state index >= 15 is 0 Å². The van der Waals surface area contributed by atoms with E-state index in [9.17, 15) is 4.79 Å². The standard InChI is InChI=1S/C11H16BrN7O/c1-6(2)5-19-11(20)9(12)8(4-13-19)14-7(3)10-15-17-18-16-10/h4,6-7,14H,5H2,1-3H3,(H,15,16,17,18). The first-order chi connectivity index (χ1) is 9.49. The van der Waals surface area contributed by atoms with Gasteiger partial charge in [-0.25, -0.2) is 4.68 Å². The lowest BCUT2D eigenvalue weighted by Crippen LogP contribution is -2.26. The quantitative estimate of drug-likeness (QED) is 0.851. The van der Waals surface area contributed by atoms with Gasteiger partial charge >= 0.3 is 0 Å². The van der Waals surface area contributed by atoms with E-state index in [0.29, 0.717) is 28.4 Å². The molecule has 0 radical (unpaired) electrons. The minimum atomic E-state index is -0.188. The number of H-pyrrole nitrogens is 1. The van der Waals surface area contributed by atoms with Crippen molar-refractivity contribution in [1.29, 1.82) is 0 Å². The molecule has 2 rings (SSSR count). The molecule has 0 saturated heterocycles. The zero-order chi connectivity index (χ0) is 14.7. The average Bonchev–Trinajstić information content (AvgIpc) is 2.92. The Balaban J connectivity index is 2.21. The van der Waals surface area contributed by atoms with E-state index in [1.165, 1.54) is 4.68 Å². The highest BCUT2D eigenvalue weighted by Crippen LogP contribution is 2.21. The van der Waals surface area contributed by atoms with Gasteiger partial charge in [-0.15, -0.1) is 10.2 Å². The molecule has 0 aromatic carbocycles. The maximum Gasteiger partial charge on any atom is 0.283 e. The molecular formula is C11H16BrN7O. The van der Waals surface area contributed by atoms with Crippen LogP contribution in [-0.4, -0.2) is 30.4 Å². The molecule has 108 valence electrons. The van der Waals surface area contributed by atoms with Crippen LogP contribution in [0, 0.1) is 5.92 Å². The largest absolute Gasteiger partial charge is 0.373 e. The summed E-state index contributed by atoms with van der Waals surface area (Å²) in [6.07, 6.45) is 1.62. The maximum absolute atomic E-state index is 12.2. The minimum Gasteiger partial charge on any atom is -0.373 e. The fourth-order valence-corrected chi connectivity index (χ4v) is 2.11. The number of halogens is 1. The number of nitrogens with zero attached hydrogens (tertiary/aromatic N) is 5. The van der Waals surface area contributed by atoms with Gasteiger partial charge in [0.25, 0.3) is 5.56 Å². The lowest BCUT2D eigenvalue weighted by Gasteiger charge is -2.14. The van der Waals surface area contributed by atoms with E-state index in [1.807, 2.05) is 20.8 Å². The van der Waals surface area contributed by atoms with E-state index in [2.05, 4.69) is 47.0 Å². The SMILES string of the molecule is CC(C)Cn1ncc(NC(C)c2nn[nH]n2)c(Br)c1=O. The molecule has 2 heterocycles. The van der Waals surface area contributed by atoms with Crippen molar-refractivity contribution < 1.29 is 0 Å². The smallest absolute Gasteiger partial charge is 0.283 e. The van der Waals surface area contributed by atoms with Gasteiger partial charge in [0.05, 0.1) is 17.9 Å².